The predicted molar refractivity (Wildman–Crippen MR) is 69.4 cm³/mol. The molecule has 0 fully saturated rings. The highest BCUT2D eigenvalue weighted by Crippen LogP contribution is 2.44. The second-order valence-electron chi connectivity index (χ2n) is 5.02. The molecule has 0 aromatic carbocycles. The van der Waals surface area contributed by atoms with E-state index in [2.05, 4.69) is 0 Å². The molecule has 2 aliphatic heterocycles. The van der Waals surface area contributed by atoms with Crippen LogP contribution in [0, 0.1) is 0 Å². The largest absolute Gasteiger partial charge is 0.366 e. The fourth-order valence-corrected chi connectivity index (χ4v) is 2.59. The van der Waals surface area contributed by atoms with E-state index in [0.29, 0.717) is 6.42 Å². The summed E-state index contributed by atoms with van der Waals surface area (Å²) in [6.45, 7) is 2.04. The smallest absolute Gasteiger partial charge is 0.249 e. The molecule has 0 saturated carbocycles. The molecular formula is C13H19N3O3. The number of primary amides is 1. The van der Waals surface area contributed by atoms with E-state index in [4.69, 9.17) is 21.9 Å². The molecule has 2 atom stereocenters. The van der Waals surface area contributed by atoms with Gasteiger partial charge < -0.3 is 10.5 Å². The van der Waals surface area contributed by atoms with Crippen LogP contribution in [0.25, 0.3) is 0 Å². The minimum atomic E-state index is -1.46. The molecule has 0 radical (unpaired) electrons. The van der Waals surface area contributed by atoms with Crippen LogP contribution in [0.4, 0.5) is 0 Å². The zero-order chi connectivity index (χ0) is 14.3. The molecule has 6 heteroatoms. The second kappa shape index (κ2) is 4.56. The summed E-state index contributed by atoms with van der Waals surface area (Å²) in [6, 6.07) is 0. The first kappa shape index (κ1) is 13.9. The van der Waals surface area contributed by atoms with E-state index in [-0.39, 0.29) is 16.9 Å². The molecule has 2 unspecified atom stereocenters. The number of amides is 1. The molecule has 6 N–H and O–H groups in total. The topological polar surface area (TPSA) is 121 Å². The van der Waals surface area contributed by atoms with Crippen molar-refractivity contribution < 1.29 is 14.3 Å². The summed E-state index contributed by atoms with van der Waals surface area (Å²) in [6.07, 6.45) is 5.96. The normalized spacial score (nSPS) is 32.2. The van der Waals surface area contributed by atoms with Crippen molar-refractivity contribution in [1.82, 2.24) is 0 Å². The Morgan fingerprint density at radius 1 is 1.16 bits per heavy atom. The summed E-state index contributed by atoms with van der Waals surface area (Å²) >= 11 is 0. The van der Waals surface area contributed by atoms with Crippen LogP contribution in [0.2, 0.25) is 0 Å². The van der Waals surface area contributed by atoms with Crippen molar-refractivity contribution in [1.29, 1.82) is 0 Å². The first-order valence-corrected chi connectivity index (χ1v) is 6.40. The third kappa shape index (κ3) is 2.11. The van der Waals surface area contributed by atoms with Gasteiger partial charge in [0, 0.05) is 6.42 Å². The summed E-state index contributed by atoms with van der Waals surface area (Å²) in [7, 11) is 0. The van der Waals surface area contributed by atoms with Crippen LogP contribution in [0.15, 0.2) is 23.3 Å². The molecular weight excluding hydrogens is 246 g/mol. The number of hydrogen-bond acceptors (Lipinski definition) is 5. The number of ether oxygens (including phenoxy) is 1. The molecule has 2 heterocycles. The minimum absolute atomic E-state index is 0.0148. The van der Waals surface area contributed by atoms with Gasteiger partial charge in [0.25, 0.3) is 0 Å². The number of nitrogens with two attached hydrogens (primary N) is 3. The van der Waals surface area contributed by atoms with E-state index in [0.717, 1.165) is 19.3 Å². The lowest BCUT2D eigenvalue weighted by molar-refractivity contribution is -0.118. The molecule has 19 heavy (non-hydrogen) atoms. The number of fused-ring (bicyclic) bond motifs is 2. The summed E-state index contributed by atoms with van der Waals surface area (Å²) in [5.74, 6) is -0.987. The average molecular weight is 265 g/mol. The summed E-state index contributed by atoms with van der Waals surface area (Å²) in [5, 5.41) is 0. The molecule has 2 aliphatic rings. The van der Waals surface area contributed by atoms with E-state index in [1.807, 2.05) is 6.92 Å². The van der Waals surface area contributed by atoms with Crippen LogP contribution in [0.5, 0.6) is 0 Å². The molecule has 2 bridgehead atoms. The highest BCUT2D eigenvalue weighted by Gasteiger charge is 2.57. The first-order chi connectivity index (χ1) is 8.84. The Hall–Kier alpha value is -1.50. The fraction of sp³-hybridized carbons (Fsp3) is 0.538. The summed E-state index contributed by atoms with van der Waals surface area (Å²) < 4.78 is 5.41. The number of rotatable bonds is 6. The number of carbonyl (C=O) groups excluding carboxylic acids is 2. The molecule has 0 aromatic heterocycles. The molecule has 0 spiro atoms. The maximum atomic E-state index is 12.3. The fourth-order valence-electron chi connectivity index (χ4n) is 2.59. The quantitative estimate of drug-likeness (QED) is 0.454. The lowest BCUT2D eigenvalue weighted by Gasteiger charge is -2.20. The van der Waals surface area contributed by atoms with Crippen LogP contribution < -0.4 is 17.2 Å². The number of carbonyl (C=O) groups is 2. The highest BCUT2D eigenvalue weighted by molar-refractivity contribution is 6.09. The Balaban J connectivity index is 2.32. The highest BCUT2D eigenvalue weighted by atomic mass is 16.6. The van der Waals surface area contributed by atoms with Crippen LogP contribution in [-0.2, 0) is 14.3 Å². The van der Waals surface area contributed by atoms with Crippen LogP contribution in [0.1, 0.15) is 32.6 Å². The molecule has 104 valence electrons. The zero-order valence-electron chi connectivity index (χ0n) is 10.9. The SMILES string of the molecule is CCCCCC(=O)C1=C(C(N)=O)C2(N)C=CC1(N)O2. The van der Waals surface area contributed by atoms with Crippen molar-refractivity contribution in [3.63, 3.8) is 0 Å². The van der Waals surface area contributed by atoms with Gasteiger partial charge in [-0.2, -0.15) is 0 Å². The van der Waals surface area contributed by atoms with Gasteiger partial charge in [0.15, 0.2) is 17.2 Å². The zero-order valence-corrected chi connectivity index (χ0v) is 10.9. The molecule has 6 nitrogen and oxygen atoms in total. The molecule has 0 aliphatic carbocycles. The molecule has 0 aromatic rings. The van der Waals surface area contributed by atoms with Crippen molar-refractivity contribution in [2.24, 2.45) is 17.2 Å². The van der Waals surface area contributed by atoms with Crippen molar-refractivity contribution in [3.8, 4) is 0 Å². The van der Waals surface area contributed by atoms with E-state index in [1.165, 1.54) is 12.2 Å². The number of ketones is 1. The minimum Gasteiger partial charge on any atom is -0.366 e. The summed E-state index contributed by atoms with van der Waals surface area (Å²) in [5.41, 5.74) is 14.4. The van der Waals surface area contributed by atoms with E-state index in [1.54, 1.807) is 0 Å². The van der Waals surface area contributed by atoms with Crippen LogP contribution in [-0.4, -0.2) is 23.1 Å². The maximum Gasteiger partial charge on any atom is 0.249 e. The third-order valence-electron chi connectivity index (χ3n) is 3.48. The van der Waals surface area contributed by atoms with Crippen molar-refractivity contribution >= 4 is 11.7 Å². The van der Waals surface area contributed by atoms with Crippen molar-refractivity contribution in [2.75, 3.05) is 0 Å². The maximum absolute atomic E-state index is 12.3. The second-order valence-corrected chi connectivity index (χ2v) is 5.02. The number of Topliss-reactive ketones (excluding diaryl/α,β-unsaturated/α-hetero) is 1. The third-order valence-corrected chi connectivity index (χ3v) is 3.48. The van der Waals surface area contributed by atoms with Gasteiger partial charge in [-0.3, -0.25) is 21.1 Å². The Bertz CT molecular complexity index is 497. The Kier molecular flexibility index (Phi) is 3.34. The van der Waals surface area contributed by atoms with Crippen molar-refractivity contribution in [2.45, 2.75) is 44.1 Å². The molecule has 0 saturated heterocycles. The number of hydrogen-bond donors (Lipinski definition) is 3. The lowest BCUT2D eigenvalue weighted by atomic mass is 9.86. The van der Waals surface area contributed by atoms with Gasteiger partial charge in [0.2, 0.25) is 5.91 Å². The Morgan fingerprint density at radius 2 is 1.74 bits per heavy atom. The lowest BCUT2D eigenvalue weighted by Crippen LogP contribution is -2.44. The molecule has 2 rings (SSSR count). The summed E-state index contributed by atoms with van der Waals surface area (Å²) in [4.78, 5) is 23.8. The van der Waals surface area contributed by atoms with Gasteiger partial charge in [0.1, 0.15) is 0 Å². The van der Waals surface area contributed by atoms with Crippen LogP contribution >= 0.6 is 0 Å². The van der Waals surface area contributed by atoms with E-state index >= 15 is 0 Å². The van der Waals surface area contributed by atoms with Gasteiger partial charge in [-0.15, -0.1) is 0 Å². The monoisotopic (exact) mass is 265 g/mol. The predicted octanol–water partition coefficient (Wildman–Crippen LogP) is -0.172. The number of unbranched alkanes of at least 4 members (excludes halogenated alkanes) is 2. The van der Waals surface area contributed by atoms with Gasteiger partial charge in [0.05, 0.1) is 11.1 Å². The van der Waals surface area contributed by atoms with Gasteiger partial charge in [-0.25, -0.2) is 0 Å². The Morgan fingerprint density at radius 3 is 2.26 bits per heavy atom. The molecule has 1 amide bonds. The van der Waals surface area contributed by atoms with Gasteiger partial charge >= 0.3 is 0 Å². The van der Waals surface area contributed by atoms with E-state index < -0.39 is 17.4 Å². The van der Waals surface area contributed by atoms with E-state index in [9.17, 15) is 9.59 Å². The van der Waals surface area contributed by atoms with Gasteiger partial charge in [-0.1, -0.05) is 19.8 Å². The Labute approximate surface area is 111 Å². The standard InChI is InChI=1S/C13H19N3O3/c1-2-3-4-5-8(17)9-10(11(14)18)13(16)7-6-12(9,15)19-13/h6-7H,2-5,15-16H2,1H3,(H2,14,18). The van der Waals surface area contributed by atoms with Crippen molar-refractivity contribution in [3.05, 3.63) is 23.3 Å². The van der Waals surface area contributed by atoms with Crippen LogP contribution in [0.3, 0.4) is 0 Å². The first-order valence-electron chi connectivity index (χ1n) is 6.40. The van der Waals surface area contributed by atoms with Gasteiger partial charge in [-0.05, 0) is 18.6 Å². The average Bonchev–Trinajstić information content (AvgIpc) is 2.75.